The molecule has 0 radical (unpaired) electrons. The lowest BCUT2D eigenvalue weighted by Crippen LogP contribution is -2.46. The van der Waals surface area contributed by atoms with Gasteiger partial charge in [0.15, 0.2) is 6.04 Å². The van der Waals surface area contributed by atoms with Gasteiger partial charge in [0.05, 0.1) is 31.0 Å². The number of nitrogens with one attached hydrogen (secondary N) is 2. The van der Waals surface area contributed by atoms with Crippen LogP contribution in [0.3, 0.4) is 0 Å². The van der Waals surface area contributed by atoms with E-state index in [2.05, 4.69) is 10.6 Å². The van der Waals surface area contributed by atoms with Crippen molar-refractivity contribution in [1.82, 2.24) is 10.6 Å². The van der Waals surface area contributed by atoms with Crippen molar-refractivity contribution in [1.29, 1.82) is 0 Å². The van der Waals surface area contributed by atoms with Crippen LogP contribution in [0.15, 0.2) is 0 Å². The van der Waals surface area contributed by atoms with E-state index in [4.69, 9.17) is 92.6 Å². The summed E-state index contributed by atoms with van der Waals surface area (Å²) in [4.78, 5) is 75.5. The number of hydrogen-bond donors (Lipinski definition) is 9. The summed E-state index contributed by atoms with van der Waals surface area (Å²) >= 11 is 9.53. The third-order valence-electron chi connectivity index (χ3n) is 22.0. The highest BCUT2D eigenvalue weighted by Crippen LogP contribution is 2.81. The average Bonchev–Trinajstić information content (AvgIpc) is 2.43. The highest BCUT2D eigenvalue weighted by molar-refractivity contribution is 6.40. The quantitative estimate of drug-likeness (QED) is 0.0641. The number of ether oxygens (including phenoxy) is 2. The summed E-state index contributed by atoms with van der Waals surface area (Å²) in [6.07, 6.45) is 23.0. The normalized spacial score (nSPS) is 38.4. The summed E-state index contributed by atoms with van der Waals surface area (Å²) in [6.45, 7) is 5.12. The van der Waals surface area contributed by atoms with Crippen molar-refractivity contribution in [2.45, 2.75) is 148 Å². The van der Waals surface area contributed by atoms with E-state index in [1.807, 2.05) is 0 Å². The van der Waals surface area contributed by atoms with Crippen LogP contribution in [-0.2, 0) is 33.4 Å². The molecule has 0 aliphatic heterocycles. The van der Waals surface area contributed by atoms with Gasteiger partial charge < -0.3 is 85.1 Å². The molecule has 12 aliphatic rings. The van der Waals surface area contributed by atoms with Crippen LogP contribution in [-0.4, -0.2) is 149 Å². The van der Waals surface area contributed by atoms with Gasteiger partial charge in [-0.05, 0) is 204 Å². The fourth-order valence-corrected chi connectivity index (χ4v) is 18.7. The summed E-state index contributed by atoms with van der Waals surface area (Å²) < 4.78 is 10.9. The second kappa shape index (κ2) is 28.3. The van der Waals surface area contributed by atoms with Crippen LogP contribution in [0.25, 0.3) is 0 Å². The van der Waals surface area contributed by atoms with Gasteiger partial charge in [-0.1, -0.05) is 0 Å². The summed E-state index contributed by atoms with van der Waals surface area (Å²) in [5.41, 5.74) is 33.3. The molecule has 2 amide bonds. The van der Waals surface area contributed by atoms with Gasteiger partial charge in [0, 0.05) is 74.1 Å². The summed E-state index contributed by atoms with van der Waals surface area (Å²) in [6, 6.07) is -2.72. The van der Waals surface area contributed by atoms with Gasteiger partial charge >= 0.3 is 42.0 Å². The molecular weight excluding hydrogens is 1130 g/mol. The number of alkyl halides is 2. The molecule has 12 aliphatic carbocycles. The first-order valence-corrected chi connectivity index (χ1v) is 30.3. The Labute approximate surface area is 497 Å². The van der Waals surface area contributed by atoms with Crippen molar-refractivity contribution in [3.8, 4) is 0 Å². The minimum atomic E-state index is -0.963. The van der Waals surface area contributed by atoms with Crippen molar-refractivity contribution in [2.75, 3.05) is 57.9 Å². The van der Waals surface area contributed by atoms with Crippen LogP contribution in [0, 0.1) is 110 Å². The van der Waals surface area contributed by atoms with Crippen molar-refractivity contribution in [3.05, 3.63) is 0 Å². The van der Waals surface area contributed by atoms with E-state index in [9.17, 15) is 38.7 Å². The minimum Gasteiger partial charge on any atom is -0.564 e. The molecular formula is C56H101Cl3N8O15+6. The van der Waals surface area contributed by atoms with Gasteiger partial charge in [0.1, 0.15) is 11.8 Å². The predicted molar refractivity (Wildman–Crippen MR) is 307 cm³/mol. The Morgan fingerprint density at radius 2 is 0.805 bits per heavy atom. The molecule has 0 aromatic heterocycles. The number of fused-ring (bicyclic) bond motifs is 6. The Balaban J connectivity index is 0.000000191. The Bertz CT molecular complexity index is 2120. The van der Waals surface area contributed by atoms with E-state index in [-0.39, 0.29) is 73.1 Å². The third kappa shape index (κ3) is 14.6. The third-order valence-corrected chi connectivity index (χ3v) is 22.0. The number of amides is 2. The first-order valence-electron chi connectivity index (χ1n) is 29.3. The highest BCUT2D eigenvalue weighted by Gasteiger charge is 2.73. The molecule has 0 aromatic carbocycles. The van der Waals surface area contributed by atoms with Crippen LogP contribution in [0.2, 0.25) is 0 Å². The second-order valence-electron chi connectivity index (χ2n) is 27.0. The number of hydrogen-bond acceptors (Lipinski definition) is 16. The minimum absolute atomic E-state index is 0. The van der Waals surface area contributed by atoms with Crippen molar-refractivity contribution >= 4 is 65.2 Å². The molecule has 470 valence electrons. The zero-order valence-corrected chi connectivity index (χ0v) is 50.4. The lowest BCUT2D eigenvalue weighted by Gasteiger charge is -2.49. The second-order valence-corrected chi connectivity index (χ2v) is 27.8. The highest BCUT2D eigenvalue weighted by atomic mass is 35.5. The largest absolute Gasteiger partial charge is 0.564 e. The number of aliphatic hydroxyl groups is 1. The number of carbonyl (C=O) groups is 7. The van der Waals surface area contributed by atoms with Crippen LogP contribution in [0.4, 0.5) is 9.59 Å². The fourth-order valence-electron chi connectivity index (χ4n) is 18.7. The maximum Gasteiger partial charge on any atom is 0.540 e. The summed E-state index contributed by atoms with van der Waals surface area (Å²) in [5.74, 6) is 4.01. The average molecular weight is 1230 g/mol. The molecule has 25 N–H and O–H groups in total. The van der Waals surface area contributed by atoms with E-state index >= 15 is 0 Å². The molecule has 82 heavy (non-hydrogen) atoms. The van der Waals surface area contributed by atoms with Crippen LogP contribution >= 0.6 is 23.2 Å². The van der Waals surface area contributed by atoms with E-state index in [1.54, 1.807) is 13.8 Å². The molecule has 12 fully saturated rings. The van der Waals surface area contributed by atoms with Crippen molar-refractivity contribution in [3.63, 3.8) is 0 Å². The Morgan fingerprint density at radius 1 is 0.488 bits per heavy atom. The standard InChI is InChI=1S/2C16H24N2O4.C12H18O.2C4H9NO2.C3H8N2O2.CH2Cl2.ClH2/c2*17-6-12(13(19)20)18-14(21)22-8-15-3-9-1-10-2-11(5-15)16(10,4-9)7-15;13-7-11-3-8-1-9-2-10(5-11)12(9,4-8)6-11;2*1-3(2-5)4(6)7;4-1-2(5)3(6)7;2-1-3;/h2*9-12H,1-8,17H2,(H,18,21)(H,19,20);8-10,13H,1-7H2;2*3H,2,5H2,1H3,(H,6,7);2H,1,4-5H2,(H,6,7);1H2;1H2/q;;;;;;;+1/p+5/t2*9?,10?,11?,12-,15?,16?;;2*3-;2-;;/m00.000../s1. The molecule has 20 atom stereocenters. The topological polar surface area (TPSA) is 453 Å². The van der Waals surface area contributed by atoms with Gasteiger partial charge in [-0.25, -0.2) is 9.59 Å². The zero-order valence-electron chi connectivity index (χ0n) is 48.0. The molecule has 0 heterocycles. The Kier molecular flexibility index (Phi) is 23.9. The molecule has 0 saturated heterocycles. The van der Waals surface area contributed by atoms with Gasteiger partial charge in [-0.2, -0.15) is 0 Å². The van der Waals surface area contributed by atoms with Gasteiger partial charge in [-0.15, -0.1) is 23.2 Å². The first-order chi connectivity index (χ1) is 38.1. The van der Waals surface area contributed by atoms with Crippen molar-refractivity contribution in [2.24, 2.45) is 132 Å². The number of nitrogens with two attached hydrogens (primary N) is 6. The monoisotopic (exact) mass is 1230 g/mol. The number of rotatable bonds is 17. The maximum absolute atomic E-state index is 11.9. The SMILES string of the molecule is C[C@@H](CN)C(=O)[OH2+].C[C@@H](CN)C(=O)[OH2+].ClCCl.NC[C@H](N)C(=O)[OH2+].NC[C@H](NC(=O)OCC12CC3CC4CC(C1)C4(C3)C2)C(=O)[OH2+].NC[C@H](NC(=O)OCC12CC3CC4CC(C1)C4(C3)C2)C(=O)[OH2+].OCC12CC3CC4CC(C1)C4(C3)C2.[ClH2+]. The molecule has 9 bridgehead atoms. The number of carbonyl (C=O) groups excluding carboxylic acids is 7. The maximum atomic E-state index is 11.9. The number of aliphatic hydroxyl groups excluding tert-OH is 1. The lowest BCUT2D eigenvalue weighted by molar-refractivity contribution is -0.141. The van der Waals surface area contributed by atoms with Crippen molar-refractivity contribution < 1.29 is 86.1 Å². The predicted octanol–water partition coefficient (Wildman–Crippen LogP) is -0.715. The molecule has 12 saturated carbocycles. The lowest BCUT2D eigenvalue weighted by atomic mass is 9.55. The molecule has 12 rings (SSSR count). The first kappa shape index (κ1) is 69.3. The molecule has 15 unspecified atom stereocenters. The van der Waals surface area contributed by atoms with E-state index < -0.39 is 60.2 Å². The molecule has 26 heteroatoms. The fraction of sp³-hybridized carbons (Fsp3) is 0.875. The van der Waals surface area contributed by atoms with Gasteiger partial charge in [-0.3, -0.25) is 0 Å². The molecule has 23 nitrogen and oxygen atoms in total. The van der Waals surface area contributed by atoms with Crippen LogP contribution in [0.5, 0.6) is 0 Å². The van der Waals surface area contributed by atoms with E-state index in [0.717, 1.165) is 58.7 Å². The van der Waals surface area contributed by atoms with Gasteiger partial charge in [0.2, 0.25) is 12.1 Å². The van der Waals surface area contributed by atoms with Gasteiger partial charge in [0.25, 0.3) is 0 Å². The summed E-state index contributed by atoms with van der Waals surface area (Å²) in [5, 5.41) is 47.9. The number of halogens is 3. The zero-order chi connectivity index (χ0) is 60.0. The van der Waals surface area contributed by atoms with E-state index in [0.29, 0.717) is 36.1 Å². The van der Waals surface area contributed by atoms with Crippen LogP contribution in [0.1, 0.15) is 129 Å². The molecule has 3 spiro atoms. The molecule has 0 aromatic rings. The summed E-state index contributed by atoms with van der Waals surface area (Å²) in [7, 11) is 0. The Morgan fingerprint density at radius 3 is 1.05 bits per heavy atom. The van der Waals surface area contributed by atoms with E-state index in [1.165, 1.54) is 116 Å². The van der Waals surface area contributed by atoms with Crippen LogP contribution < -0.4 is 45.0 Å². The number of alkyl carbamates (subject to hydrolysis) is 2. The smallest absolute Gasteiger partial charge is 0.540 e. The Hall–Kier alpha value is -3.52.